The lowest BCUT2D eigenvalue weighted by Gasteiger charge is -2.27. The molecular weight excluding hydrogens is 244 g/mol. The molecule has 2 saturated heterocycles. The van der Waals surface area contributed by atoms with Crippen molar-refractivity contribution in [1.29, 1.82) is 0 Å². The predicted octanol–water partition coefficient (Wildman–Crippen LogP) is 1.07. The van der Waals surface area contributed by atoms with Crippen LogP contribution in [0.15, 0.2) is 0 Å². The lowest BCUT2D eigenvalue weighted by Crippen LogP contribution is -2.37. The fraction of sp³-hybridized carbons (Fsp3) is 1.00. The Bertz CT molecular complexity index is 295. The van der Waals surface area contributed by atoms with E-state index in [1.54, 1.807) is 0 Å². The minimum absolute atomic E-state index is 0.655. The average molecular weight is 264 g/mol. The molecule has 0 atom stereocenters. The smallest absolute Gasteiger partial charge is 0.169 e. The summed E-state index contributed by atoms with van der Waals surface area (Å²) in [6.45, 7) is 2.62. The van der Waals surface area contributed by atoms with Crippen LogP contribution in [0.3, 0.4) is 0 Å². The van der Waals surface area contributed by atoms with Crippen LogP contribution in [-0.2, 0) is 19.0 Å². The van der Waals surface area contributed by atoms with Gasteiger partial charge in [0, 0.05) is 26.2 Å². The van der Waals surface area contributed by atoms with E-state index in [9.17, 15) is 8.42 Å². The fourth-order valence-electron chi connectivity index (χ4n) is 2.15. The van der Waals surface area contributed by atoms with E-state index in [-0.39, 0.29) is 0 Å². The number of hydrogen-bond acceptors (Lipinski definition) is 6. The third-order valence-electron chi connectivity index (χ3n) is 3.02. The largest absolute Gasteiger partial charge is 0.432 e. The van der Waals surface area contributed by atoms with Gasteiger partial charge < -0.3 is 0 Å². The van der Waals surface area contributed by atoms with Crippen LogP contribution in [0.5, 0.6) is 0 Å². The monoisotopic (exact) mass is 264 g/mol. The van der Waals surface area contributed by atoms with Gasteiger partial charge in [-0.05, 0) is 25.7 Å². The molecule has 0 bridgehead atoms. The van der Waals surface area contributed by atoms with E-state index in [0.717, 1.165) is 38.5 Å². The molecule has 0 aliphatic carbocycles. The Morgan fingerprint density at radius 3 is 1.35 bits per heavy atom. The van der Waals surface area contributed by atoms with Crippen LogP contribution in [0.4, 0.5) is 0 Å². The van der Waals surface area contributed by atoms with Crippen LogP contribution in [0.2, 0.25) is 0 Å². The average Bonchev–Trinajstić information content (AvgIpc) is 2.30. The summed E-state index contributed by atoms with van der Waals surface area (Å²) in [5.74, 6) is 0. The van der Waals surface area contributed by atoms with Crippen molar-refractivity contribution in [3.05, 3.63) is 0 Å². The van der Waals surface area contributed by atoms with E-state index in [2.05, 4.69) is 0 Å². The van der Waals surface area contributed by atoms with E-state index in [1.165, 1.54) is 10.1 Å². The van der Waals surface area contributed by atoms with Crippen molar-refractivity contribution in [3.8, 4) is 0 Å². The molecule has 0 N–H and O–H groups in total. The van der Waals surface area contributed by atoms with Gasteiger partial charge in [0.05, 0.1) is 0 Å². The molecule has 6 nitrogen and oxygen atoms in total. The molecule has 0 aromatic carbocycles. The zero-order chi connectivity index (χ0) is 12.1. The van der Waals surface area contributed by atoms with Crippen LogP contribution in [-0.4, -0.2) is 44.7 Å². The summed E-state index contributed by atoms with van der Waals surface area (Å²) in [5.41, 5.74) is 0. The summed E-state index contributed by atoms with van der Waals surface area (Å²) >= 11 is 0. The van der Waals surface area contributed by atoms with Crippen LogP contribution < -0.4 is 0 Å². The van der Waals surface area contributed by atoms with E-state index >= 15 is 0 Å². The van der Waals surface area contributed by atoms with Gasteiger partial charge in [-0.3, -0.25) is 0 Å². The number of nitrogens with zero attached hydrogens (tertiary/aromatic N) is 2. The van der Waals surface area contributed by atoms with Crippen LogP contribution in [0, 0.1) is 0 Å². The first kappa shape index (κ1) is 13.2. The molecule has 0 aromatic rings. The molecule has 0 aromatic heterocycles. The van der Waals surface area contributed by atoms with E-state index in [1.807, 2.05) is 0 Å². The standard InChI is InChI=1S/C10H20N2O4S/c13-17(14,15-11-7-3-1-4-8-11)16-12-9-5-2-6-10-12/h1-10H2. The molecule has 100 valence electrons. The van der Waals surface area contributed by atoms with Gasteiger partial charge in [0.2, 0.25) is 0 Å². The fourth-order valence-corrected chi connectivity index (χ4v) is 2.99. The van der Waals surface area contributed by atoms with Gasteiger partial charge in [0.25, 0.3) is 0 Å². The molecule has 2 fully saturated rings. The summed E-state index contributed by atoms with van der Waals surface area (Å²) in [7, 11) is -3.93. The van der Waals surface area contributed by atoms with Crippen LogP contribution in [0.25, 0.3) is 0 Å². The summed E-state index contributed by atoms with van der Waals surface area (Å²) in [5, 5.41) is 2.95. The highest BCUT2D eigenvalue weighted by Gasteiger charge is 2.24. The second-order valence-corrected chi connectivity index (χ2v) is 5.65. The molecule has 0 amide bonds. The Kier molecular flexibility index (Phi) is 4.75. The maximum atomic E-state index is 11.6. The molecule has 0 spiro atoms. The maximum absolute atomic E-state index is 11.6. The molecule has 7 heteroatoms. The van der Waals surface area contributed by atoms with E-state index < -0.39 is 10.4 Å². The quantitative estimate of drug-likeness (QED) is 0.757. The van der Waals surface area contributed by atoms with Gasteiger partial charge in [-0.2, -0.15) is 27.1 Å². The molecule has 0 radical (unpaired) electrons. The first-order valence-electron chi connectivity index (χ1n) is 6.30. The van der Waals surface area contributed by atoms with Crippen molar-refractivity contribution in [3.63, 3.8) is 0 Å². The topological polar surface area (TPSA) is 59.1 Å². The Morgan fingerprint density at radius 2 is 1.00 bits per heavy atom. The van der Waals surface area contributed by atoms with E-state index in [4.69, 9.17) is 8.57 Å². The summed E-state index contributed by atoms with van der Waals surface area (Å²) in [4.78, 5) is 0. The van der Waals surface area contributed by atoms with Crippen molar-refractivity contribution >= 4 is 10.4 Å². The highest BCUT2D eigenvalue weighted by molar-refractivity contribution is 7.81. The number of hydroxylamine groups is 4. The Labute approximate surface area is 103 Å². The third kappa shape index (κ3) is 4.51. The van der Waals surface area contributed by atoms with Gasteiger partial charge in [-0.25, -0.2) is 0 Å². The maximum Gasteiger partial charge on any atom is 0.432 e. The van der Waals surface area contributed by atoms with Crippen molar-refractivity contribution in [2.45, 2.75) is 38.5 Å². The van der Waals surface area contributed by atoms with Crippen LogP contribution in [0.1, 0.15) is 38.5 Å². The molecule has 0 saturated carbocycles. The lowest BCUT2D eigenvalue weighted by molar-refractivity contribution is -0.125. The first-order valence-corrected chi connectivity index (χ1v) is 7.63. The van der Waals surface area contributed by atoms with Gasteiger partial charge in [0.1, 0.15) is 0 Å². The van der Waals surface area contributed by atoms with Gasteiger partial charge in [0.15, 0.2) is 0 Å². The van der Waals surface area contributed by atoms with Crippen LogP contribution >= 0.6 is 0 Å². The second-order valence-electron chi connectivity index (χ2n) is 4.54. The zero-order valence-corrected chi connectivity index (χ0v) is 10.8. The Balaban J connectivity index is 1.80. The molecule has 0 unspecified atom stereocenters. The van der Waals surface area contributed by atoms with Crippen molar-refractivity contribution in [2.75, 3.05) is 26.2 Å². The van der Waals surface area contributed by atoms with Gasteiger partial charge in [-0.1, -0.05) is 12.8 Å². The van der Waals surface area contributed by atoms with Crippen molar-refractivity contribution < 1.29 is 17.0 Å². The molecule has 2 aliphatic heterocycles. The molecule has 2 rings (SSSR count). The summed E-state index contributed by atoms with van der Waals surface area (Å²) in [6, 6.07) is 0. The first-order chi connectivity index (χ1) is 8.16. The molecule has 2 heterocycles. The minimum atomic E-state index is -3.93. The predicted molar refractivity (Wildman–Crippen MR) is 61.9 cm³/mol. The second kappa shape index (κ2) is 6.10. The van der Waals surface area contributed by atoms with Gasteiger partial charge >= 0.3 is 10.4 Å². The van der Waals surface area contributed by atoms with Gasteiger partial charge in [-0.15, -0.1) is 0 Å². The van der Waals surface area contributed by atoms with Crippen molar-refractivity contribution in [1.82, 2.24) is 10.1 Å². The Hall–Kier alpha value is -0.210. The van der Waals surface area contributed by atoms with Crippen molar-refractivity contribution in [2.24, 2.45) is 0 Å². The van der Waals surface area contributed by atoms with E-state index in [0.29, 0.717) is 26.2 Å². The molecular formula is C10H20N2O4S. The summed E-state index contributed by atoms with van der Waals surface area (Å²) < 4.78 is 33.1. The minimum Gasteiger partial charge on any atom is -0.169 e. The SMILES string of the molecule is O=S(=O)(ON1CCCCC1)ON1CCCCC1. The third-order valence-corrected chi connectivity index (χ3v) is 3.81. The normalized spacial score (nSPS) is 24.9. The number of hydrogen-bond donors (Lipinski definition) is 0. The zero-order valence-electron chi connectivity index (χ0n) is 10.0. The highest BCUT2D eigenvalue weighted by Crippen LogP contribution is 2.15. The summed E-state index contributed by atoms with van der Waals surface area (Å²) in [6.07, 6.45) is 6.15. The number of piperidine rings is 2. The molecule has 17 heavy (non-hydrogen) atoms. The Morgan fingerprint density at radius 1 is 0.647 bits per heavy atom. The molecule has 2 aliphatic rings. The lowest BCUT2D eigenvalue weighted by atomic mass is 10.2. The number of rotatable bonds is 4. The highest BCUT2D eigenvalue weighted by atomic mass is 32.3.